The molecule has 4 bridgehead atoms. The maximum atomic E-state index is 12.3. The minimum absolute atomic E-state index is 0.0791. The summed E-state index contributed by atoms with van der Waals surface area (Å²) in [5.74, 6) is 3.92. The molecule has 1 aromatic rings. The topological polar surface area (TPSA) is 66.0 Å². The van der Waals surface area contributed by atoms with E-state index in [0.29, 0.717) is 24.7 Å². The van der Waals surface area contributed by atoms with Crippen LogP contribution in [-0.2, 0) is 4.79 Å². The summed E-state index contributed by atoms with van der Waals surface area (Å²) < 4.78 is 0. The van der Waals surface area contributed by atoms with E-state index < -0.39 is 0 Å². The third-order valence-corrected chi connectivity index (χ3v) is 7.37. The Morgan fingerprint density at radius 1 is 1.04 bits per heavy atom. The average molecular weight is 354 g/mol. The summed E-state index contributed by atoms with van der Waals surface area (Å²) in [5, 5.41) is 10.3. The third-order valence-electron chi connectivity index (χ3n) is 7.37. The van der Waals surface area contributed by atoms with E-state index in [-0.39, 0.29) is 5.91 Å². The summed E-state index contributed by atoms with van der Waals surface area (Å²) in [4.78, 5) is 16.3. The fraction of sp³-hybridized carbons (Fsp3) is 0.714. The summed E-state index contributed by atoms with van der Waals surface area (Å²) in [7, 11) is 0. The highest BCUT2D eigenvalue weighted by atomic mass is 16.2. The van der Waals surface area contributed by atoms with Gasteiger partial charge in [-0.1, -0.05) is 0 Å². The molecule has 140 valence electrons. The number of rotatable bonds is 6. The largest absolute Gasteiger partial charge is 0.375 e. The Labute approximate surface area is 155 Å². The van der Waals surface area contributed by atoms with Crippen molar-refractivity contribution in [3.63, 3.8) is 0 Å². The molecule has 2 atom stereocenters. The van der Waals surface area contributed by atoms with Gasteiger partial charge in [0, 0.05) is 30.5 Å². The first-order valence-electron chi connectivity index (χ1n) is 10.4. The van der Waals surface area contributed by atoms with Crippen molar-refractivity contribution < 1.29 is 4.79 Å². The molecule has 1 amide bonds. The molecular formula is C21H30N4O. The number of anilines is 1. The molecule has 1 aromatic heterocycles. The molecule has 5 aliphatic carbocycles. The number of amides is 1. The Morgan fingerprint density at radius 3 is 2.38 bits per heavy atom. The van der Waals surface area contributed by atoms with Gasteiger partial charge in [-0.05, 0) is 80.8 Å². The van der Waals surface area contributed by atoms with Crippen LogP contribution in [0.4, 0.5) is 5.69 Å². The molecule has 0 aromatic carbocycles. The first-order chi connectivity index (χ1) is 12.7. The van der Waals surface area contributed by atoms with Gasteiger partial charge in [0.2, 0.25) is 5.91 Å². The number of aromatic nitrogens is 1. The number of nitrogens with one attached hydrogen (secondary N) is 3. The summed E-state index contributed by atoms with van der Waals surface area (Å²) in [6.07, 6.45) is 13.1. The number of carbonyl (C=O) groups is 1. The fourth-order valence-corrected chi connectivity index (χ4v) is 6.22. The van der Waals surface area contributed by atoms with E-state index >= 15 is 0 Å². The maximum Gasteiger partial charge on any atom is 0.239 e. The minimum atomic E-state index is 0.0791. The van der Waals surface area contributed by atoms with Crippen molar-refractivity contribution >= 4 is 11.6 Å². The van der Waals surface area contributed by atoms with Gasteiger partial charge in [-0.25, -0.2) is 0 Å². The number of carbonyl (C=O) groups excluding carboxylic acids is 1. The standard InChI is InChI=1S/C21H30N4O/c26-20(12-23-17-2-1-5-22-11-17)24-18-3-4-19(18)25-21-15-7-13-6-14(9-15)10-16(21)8-13/h1-2,5,11,13-16,18-19,21,23,25H,3-4,6-10,12H2,(H,24,26)/t13?,14?,15?,16?,18-,19+,21?/m0/s1. The fourth-order valence-electron chi connectivity index (χ4n) is 6.22. The summed E-state index contributed by atoms with van der Waals surface area (Å²) in [6.45, 7) is 0.312. The lowest BCUT2D eigenvalue weighted by Crippen LogP contribution is -2.64. The lowest BCUT2D eigenvalue weighted by atomic mass is 9.54. The van der Waals surface area contributed by atoms with Gasteiger partial charge >= 0.3 is 0 Å². The molecule has 0 aliphatic heterocycles. The van der Waals surface area contributed by atoms with Crippen molar-refractivity contribution in [1.29, 1.82) is 0 Å². The molecule has 0 spiro atoms. The molecule has 5 saturated carbocycles. The summed E-state index contributed by atoms with van der Waals surface area (Å²) >= 11 is 0. The van der Waals surface area contributed by atoms with Crippen molar-refractivity contribution in [1.82, 2.24) is 15.6 Å². The van der Waals surface area contributed by atoms with Crippen LogP contribution in [0.3, 0.4) is 0 Å². The second-order valence-electron chi connectivity index (χ2n) is 9.08. The van der Waals surface area contributed by atoms with Crippen molar-refractivity contribution in [2.75, 3.05) is 11.9 Å². The smallest absolute Gasteiger partial charge is 0.239 e. The Hall–Kier alpha value is -1.62. The van der Waals surface area contributed by atoms with Crippen LogP contribution < -0.4 is 16.0 Å². The molecule has 0 radical (unpaired) electrons. The lowest BCUT2D eigenvalue weighted by molar-refractivity contribution is -0.121. The Bertz CT molecular complexity index is 621. The monoisotopic (exact) mass is 354 g/mol. The molecule has 0 unspecified atom stereocenters. The van der Waals surface area contributed by atoms with Gasteiger partial charge in [0.25, 0.3) is 0 Å². The van der Waals surface area contributed by atoms with E-state index in [1.54, 1.807) is 12.4 Å². The van der Waals surface area contributed by atoms with Crippen molar-refractivity contribution in [3.05, 3.63) is 24.5 Å². The number of pyridine rings is 1. The number of nitrogens with zero attached hydrogens (tertiary/aromatic N) is 1. The van der Waals surface area contributed by atoms with Crippen molar-refractivity contribution in [2.24, 2.45) is 23.7 Å². The molecule has 5 heteroatoms. The first-order valence-corrected chi connectivity index (χ1v) is 10.4. The normalized spacial score (nSPS) is 40.1. The highest BCUT2D eigenvalue weighted by Gasteiger charge is 2.49. The van der Waals surface area contributed by atoms with Crippen molar-refractivity contribution in [3.8, 4) is 0 Å². The van der Waals surface area contributed by atoms with Gasteiger partial charge in [-0.2, -0.15) is 0 Å². The molecule has 5 nitrogen and oxygen atoms in total. The maximum absolute atomic E-state index is 12.3. The van der Waals surface area contributed by atoms with Crippen LogP contribution in [0, 0.1) is 23.7 Å². The van der Waals surface area contributed by atoms with Crippen LogP contribution in [0.2, 0.25) is 0 Å². The summed E-state index contributed by atoms with van der Waals surface area (Å²) in [5.41, 5.74) is 0.888. The van der Waals surface area contributed by atoms with Gasteiger partial charge in [0.15, 0.2) is 0 Å². The zero-order valence-electron chi connectivity index (χ0n) is 15.4. The average Bonchev–Trinajstić information content (AvgIpc) is 2.63. The second kappa shape index (κ2) is 6.84. The highest BCUT2D eigenvalue weighted by molar-refractivity contribution is 5.81. The zero-order valence-corrected chi connectivity index (χ0v) is 15.4. The van der Waals surface area contributed by atoms with E-state index in [9.17, 15) is 4.79 Å². The molecule has 0 saturated heterocycles. The van der Waals surface area contributed by atoms with E-state index in [1.807, 2.05) is 12.1 Å². The van der Waals surface area contributed by atoms with Gasteiger partial charge < -0.3 is 16.0 Å². The van der Waals surface area contributed by atoms with Crippen LogP contribution in [0.5, 0.6) is 0 Å². The Kier molecular flexibility index (Phi) is 4.35. The zero-order chi connectivity index (χ0) is 17.5. The van der Waals surface area contributed by atoms with Crippen LogP contribution in [0.25, 0.3) is 0 Å². The molecule has 6 rings (SSSR count). The molecule has 26 heavy (non-hydrogen) atoms. The van der Waals surface area contributed by atoms with Crippen LogP contribution in [-0.4, -0.2) is 35.6 Å². The lowest BCUT2D eigenvalue weighted by Gasteiger charge is -2.56. The molecule has 1 heterocycles. The van der Waals surface area contributed by atoms with Gasteiger partial charge in [-0.3, -0.25) is 9.78 Å². The van der Waals surface area contributed by atoms with Crippen LogP contribution in [0.1, 0.15) is 44.9 Å². The summed E-state index contributed by atoms with van der Waals surface area (Å²) in [6, 6.07) is 5.29. The SMILES string of the molecule is O=C(CNc1cccnc1)N[C@H]1CC[C@H]1NC1C2CC3CC(C2)CC1C3. The van der Waals surface area contributed by atoms with Gasteiger partial charge in [0.05, 0.1) is 12.2 Å². The second-order valence-corrected chi connectivity index (χ2v) is 9.08. The quantitative estimate of drug-likeness (QED) is 0.735. The van der Waals surface area contributed by atoms with Crippen LogP contribution in [0.15, 0.2) is 24.5 Å². The predicted molar refractivity (Wildman–Crippen MR) is 102 cm³/mol. The first kappa shape index (κ1) is 16.5. The van der Waals surface area contributed by atoms with E-state index in [0.717, 1.165) is 35.8 Å². The van der Waals surface area contributed by atoms with Crippen molar-refractivity contribution in [2.45, 2.75) is 63.1 Å². The van der Waals surface area contributed by atoms with Gasteiger partial charge in [-0.15, -0.1) is 0 Å². The molecule has 5 aliphatic rings. The van der Waals surface area contributed by atoms with Crippen LogP contribution >= 0.6 is 0 Å². The third kappa shape index (κ3) is 3.22. The predicted octanol–water partition coefficient (Wildman–Crippen LogP) is 2.55. The van der Waals surface area contributed by atoms with E-state index in [2.05, 4.69) is 20.9 Å². The number of hydrogen-bond donors (Lipinski definition) is 3. The van der Waals surface area contributed by atoms with E-state index in [4.69, 9.17) is 0 Å². The van der Waals surface area contributed by atoms with E-state index in [1.165, 1.54) is 38.5 Å². The highest BCUT2D eigenvalue weighted by Crippen LogP contribution is 2.54. The molecular weight excluding hydrogens is 324 g/mol. The van der Waals surface area contributed by atoms with Gasteiger partial charge in [0.1, 0.15) is 0 Å². The molecule has 5 fully saturated rings. The Balaban J connectivity index is 1.11. The Morgan fingerprint density at radius 2 is 1.77 bits per heavy atom. The number of hydrogen-bond acceptors (Lipinski definition) is 4. The minimum Gasteiger partial charge on any atom is -0.375 e. The molecule has 3 N–H and O–H groups in total.